The van der Waals surface area contributed by atoms with Gasteiger partial charge in [0.15, 0.2) is 21.1 Å². The quantitative estimate of drug-likeness (QED) is 0.447. The molecule has 1 saturated heterocycles. The van der Waals surface area contributed by atoms with Crippen LogP contribution >= 0.6 is 35.3 Å². The third-order valence-electron chi connectivity index (χ3n) is 10.1. The SMILES string of the molecule is CC1C[C@H]2[C@@H]3CC(F)C4=CC(=O)C=C[C@]4(C)C3(F)C(O)C[C@]2(C)C1(OC(=O)C1(C)SCCS1)C(=O)SCF. The van der Waals surface area contributed by atoms with Crippen LogP contribution in [0.2, 0.25) is 0 Å². The Morgan fingerprint density at radius 2 is 1.84 bits per heavy atom. The largest absolute Gasteiger partial charge is 0.447 e. The first-order valence-electron chi connectivity index (χ1n) is 12.9. The lowest BCUT2D eigenvalue weighted by Gasteiger charge is -2.63. The number of esters is 1. The number of hydrogen-bond donors (Lipinski definition) is 1. The monoisotopic (exact) mass is 590 g/mol. The molecule has 5 rings (SSSR count). The molecule has 0 radical (unpaired) electrons. The molecule has 1 N–H and O–H groups in total. The summed E-state index contributed by atoms with van der Waals surface area (Å²) in [4.78, 5) is 39.4. The van der Waals surface area contributed by atoms with E-state index < -0.39 is 79.1 Å². The summed E-state index contributed by atoms with van der Waals surface area (Å²) >= 11 is 3.24. The van der Waals surface area contributed by atoms with Crippen LogP contribution in [0.25, 0.3) is 0 Å². The van der Waals surface area contributed by atoms with E-state index in [0.29, 0.717) is 11.8 Å². The molecule has 0 spiro atoms. The lowest BCUT2D eigenvalue weighted by atomic mass is 9.44. The van der Waals surface area contributed by atoms with Crippen molar-refractivity contribution in [3.05, 3.63) is 23.8 Å². The number of rotatable bonds is 4. The maximum Gasteiger partial charge on any atom is 0.333 e. The fourth-order valence-corrected chi connectivity index (χ4v) is 11.6. The van der Waals surface area contributed by atoms with Crippen LogP contribution in [0.15, 0.2) is 23.8 Å². The van der Waals surface area contributed by atoms with Crippen molar-refractivity contribution in [3.63, 3.8) is 0 Å². The Hall–Kier alpha value is -0.910. The second-order valence-electron chi connectivity index (χ2n) is 11.8. The molecule has 5 nitrogen and oxygen atoms in total. The van der Waals surface area contributed by atoms with Crippen molar-refractivity contribution in [2.75, 3.05) is 17.5 Å². The van der Waals surface area contributed by atoms with Gasteiger partial charge in [-0.3, -0.25) is 9.59 Å². The molecule has 0 aromatic rings. The Kier molecular flexibility index (Phi) is 7.01. The van der Waals surface area contributed by atoms with Crippen molar-refractivity contribution in [2.24, 2.45) is 28.6 Å². The van der Waals surface area contributed by atoms with Gasteiger partial charge in [-0.05, 0) is 68.5 Å². The highest BCUT2D eigenvalue weighted by atomic mass is 32.2. The highest BCUT2D eigenvalue weighted by molar-refractivity contribution is 8.22. The van der Waals surface area contributed by atoms with E-state index in [0.717, 1.165) is 17.6 Å². The smallest absolute Gasteiger partial charge is 0.333 e. The number of allylic oxidation sites excluding steroid dienone is 4. The highest BCUT2D eigenvalue weighted by Gasteiger charge is 2.78. The third-order valence-corrected chi connectivity index (χ3v) is 14.0. The molecule has 4 aliphatic carbocycles. The summed E-state index contributed by atoms with van der Waals surface area (Å²) in [5.74, 6) is -1.84. The van der Waals surface area contributed by atoms with Crippen LogP contribution in [0, 0.1) is 28.6 Å². The lowest BCUT2D eigenvalue weighted by Crippen LogP contribution is -2.71. The van der Waals surface area contributed by atoms with E-state index in [9.17, 15) is 23.9 Å². The maximum absolute atomic E-state index is 17.5. The highest BCUT2D eigenvalue weighted by Crippen LogP contribution is 2.72. The van der Waals surface area contributed by atoms with Gasteiger partial charge in [0.2, 0.25) is 5.12 Å². The van der Waals surface area contributed by atoms with Gasteiger partial charge < -0.3 is 9.84 Å². The van der Waals surface area contributed by atoms with Crippen molar-refractivity contribution in [1.82, 2.24) is 0 Å². The zero-order chi connectivity index (χ0) is 27.9. The van der Waals surface area contributed by atoms with Crippen LogP contribution in [0.3, 0.4) is 0 Å². The number of ketones is 1. The average molecular weight is 591 g/mol. The van der Waals surface area contributed by atoms with E-state index in [1.807, 2.05) is 0 Å². The minimum Gasteiger partial charge on any atom is -0.447 e. The molecule has 0 bridgehead atoms. The average Bonchev–Trinajstić information content (AvgIpc) is 3.39. The van der Waals surface area contributed by atoms with Gasteiger partial charge >= 0.3 is 5.97 Å². The van der Waals surface area contributed by atoms with Gasteiger partial charge in [-0.25, -0.2) is 18.0 Å². The van der Waals surface area contributed by atoms with Crippen molar-refractivity contribution in [3.8, 4) is 0 Å². The standard InChI is InChI=1S/C27H33F3O5S3/c1-14-9-16-17-11-19(29)18-10-15(31)5-6-23(18,2)26(17,30)20(32)12-24(16,3)27(14,22(34)36-13-28)35-21(33)25(4)37-7-8-38-25/h5-6,10,14,16-17,19-20,32H,7-9,11-13H2,1-4H3/t14?,16-,17-,19?,20?,23-,24-,26?,27?/m0/s1. The minimum absolute atomic E-state index is 0.0161. The van der Waals surface area contributed by atoms with Gasteiger partial charge in [-0.15, -0.1) is 23.5 Å². The van der Waals surface area contributed by atoms with Crippen LogP contribution in [0.4, 0.5) is 13.2 Å². The van der Waals surface area contributed by atoms with E-state index in [1.54, 1.807) is 20.8 Å². The fraction of sp³-hybridized carbons (Fsp3) is 0.741. The molecule has 11 heteroatoms. The van der Waals surface area contributed by atoms with E-state index in [2.05, 4.69) is 0 Å². The van der Waals surface area contributed by atoms with E-state index in [1.165, 1.54) is 42.6 Å². The number of halogens is 3. The van der Waals surface area contributed by atoms with Gasteiger partial charge in [0.1, 0.15) is 12.2 Å². The van der Waals surface area contributed by atoms with E-state index in [-0.39, 0.29) is 24.8 Å². The summed E-state index contributed by atoms with van der Waals surface area (Å²) in [5.41, 5.74) is -6.94. The zero-order valence-corrected chi connectivity index (χ0v) is 24.2. The second kappa shape index (κ2) is 9.31. The Bertz CT molecular complexity index is 1130. The summed E-state index contributed by atoms with van der Waals surface area (Å²) in [6.45, 7) is 6.68. The molecular weight excluding hydrogens is 557 g/mol. The van der Waals surface area contributed by atoms with Gasteiger partial charge in [-0.1, -0.05) is 19.9 Å². The third kappa shape index (κ3) is 3.56. The van der Waals surface area contributed by atoms with Crippen LogP contribution < -0.4 is 0 Å². The predicted molar refractivity (Wildman–Crippen MR) is 144 cm³/mol. The molecule has 3 saturated carbocycles. The summed E-state index contributed by atoms with van der Waals surface area (Å²) in [5, 5.41) is 10.9. The molecular formula is C27H33F3O5S3. The molecule has 38 heavy (non-hydrogen) atoms. The number of carbonyl (C=O) groups is 3. The molecule has 210 valence electrons. The molecule has 0 amide bonds. The van der Waals surface area contributed by atoms with Crippen LogP contribution in [-0.4, -0.2) is 67.1 Å². The van der Waals surface area contributed by atoms with Crippen molar-refractivity contribution in [1.29, 1.82) is 0 Å². The number of ether oxygens (including phenoxy) is 1. The molecule has 9 atom stereocenters. The summed E-state index contributed by atoms with van der Waals surface area (Å²) < 4.78 is 52.0. The Balaban J connectivity index is 1.62. The topological polar surface area (TPSA) is 80.7 Å². The first-order chi connectivity index (χ1) is 17.7. The van der Waals surface area contributed by atoms with Crippen molar-refractivity contribution in [2.45, 2.75) is 74.6 Å². The fourth-order valence-electron chi connectivity index (χ4n) is 8.25. The van der Waals surface area contributed by atoms with E-state index in [4.69, 9.17) is 4.74 Å². The zero-order valence-electron chi connectivity index (χ0n) is 21.8. The molecule has 1 heterocycles. The Morgan fingerprint density at radius 3 is 2.47 bits per heavy atom. The van der Waals surface area contributed by atoms with Gasteiger partial charge in [-0.2, -0.15) is 0 Å². The van der Waals surface area contributed by atoms with Crippen molar-refractivity contribution < 1.29 is 37.4 Å². The van der Waals surface area contributed by atoms with Gasteiger partial charge in [0, 0.05) is 34.2 Å². The summed E-state index contributed by atoms with van der Waals surface area (Å²) in [6, 6.07) is -1.02. The number of aliphatic hydroxyl groups is 1. The molecule has 5 unspecified atom stereocenters. The van der Waals surface area contributed by atoms with Gasteiger partial charge in [0.25, 0.3) is 0 Å². The normalized spacial score (nSPS) is 47.1. The number of alkyl halides is 3. The van der Waals surface area contributed by atoms with Crippen LogP contribution in [0.5, 0.6) is 0 Å². The lowest BCUT2D eigenvalue weighted by molar-refractivity contribution is -0.228. The first-order valence-corrected chi connectivity index (χ1v) is 15.9. The number of aliphatic hydroxyl groups excluding tert-OH is 1. The van der Waals surface area contributed by atoms with Crippen molar-refractivity contribution >= 4 is 52.2 Å². The molecule has 1 aliphatic heterocycles. The number of carbonyl (C=O) groups excluding carboxylic acids is 3. The first kappa shape index (κ1) is 28.6. The molecule has 0 aromatic heterocycles. The molecule has 0 aromatic carbocycles. The predicted octanol–water partition coefficient (Wildman–Crippen LogP) is 5.22. The molecule has 4 fully saturated rings. The Morgan fingerprint density at radius 1 is 1.18 bits per heavy atom. The number of fused-ring (bicyclic) bond motifs is 5. The van der Waals surface area contributed by atoms with E-state index >= 15 is 8.78 Å². The Labute approximate surface area is 233 Å². The maximum atomic E-state index is 17.5. The van der Waals surface area contributed by atoms with Gasteiger partial charge in [0.05, 0.1) is 6.10 Å². The summed E-state index contributed by atoms with van der Waals surface area (Å²) in [6.07, 6.45) is 0.165. The number of thioether (sulfide) groups is 3. The van der Waals surface area contributed by atoms with Crippen LogP contribution in [0.1, 0.15) is 47.0 Å². The second-order valence-corrected chi connectivity index (χ2v) is 16.0. The molecule has 5 aliphatic rings. The minimum atomic E-state index is -2.32. The number of hydrogen-bond acceptors (Lipinski definition) is 8. The summed E-state index contributed by atoms with van der Waals surface area (Å²) in [7, 11) is 0. The van der Waals surface area contributed by atoms with Crippen LogP contribution in [-0.2, 0) is 19.1 Å².